The first-order chi connectivity index (χ1) is 13.1. The van der Waals surface area contributed by atoms with Crippen LogP contribution in [0, 0.1) is 5.82 Å². The van der Waals surface area contributed by atoms with Gasteiger partial charge in [-0.1, -0.05) is 30.3 Å². The highest BCUT2D eigenvalue weighted by Crippen LogP contribution is 2.48. The average molecular weight is 432 g/mol. The Balaban J connectivity index is 0.00000240. The zero-order valence-corrected chi connectivity index (χ0v) is 16.8. The Morgan fingerprint density at radius 2 is 1.76 bits per heavy atom. The third-order valence-corrected chi connectivity index (χ3v) is 6.48. The van der Waals surface area contributed by atoms with Gasteiger partial charge in [-0.05, 0) is 73.5 Å². The van der Waals surface area contributed by atoms with Gasteiger partial charge in [0.15, 0.2) is 0 Å². The summed E-state index contributed by atoms with van der Waals surface area (Å²) in [5.41, 5.74) is -1.24. The lowest BCUT2D eigenvalue weighted by molar-refractivity contribution is -0.228. The number of aryl methyl sites for hydroxylation is 1. The molecule has 2 aliphatic rings. The summed E-state index contributed by atoms with van der Waals surface area (Å²) in [7, 11) is 0. The molecular formula is C22H23ClF5N. The Kier molecular flexibility index (Phi) is 5.73. The van der Waals surface area contributed by atoms with E-state index in [1.807, 2.05) is 0 Å². The molecule has 7 heteroatoms. The van der Waals surface area contributed by atoms with Crippen molar-refractivity contribution in [3.05, 3.63) is 70.5 Å². The number of hydrogen-bond acceptors (Lipinski definition) is 1. The molecule has 1 unspecified atom stereocenters. The van der Waals surface area contributed by atoms with Crippen LogP contribution in [0.2, 0.25) is 0 Å². The zero-order valence-electron chi connectivity index (χ0n) is 16.0. The predicted molar refractivity (Wildman–Crippen MR) is 105 cm³/mol. The fourth-order valence-corrected chi connectivity index (χ4v) is 4.85. The molecule has 158 valence electrons. The normalized spacial score (nSPS) is 25.5. The van der Waals surface area contributed by atoms with Gasteiger partial charge in [0.05, 0.1) is 0 Å². The van der Waals surface area contributed by atoms with Crippen LogP contribution in [0.1, 0.15) is 42.0 Å². The Morgan fingerprint density at radius 1 is 1.07 bits per heavy atom. The summed E-state index contributed by atoms with van der Waals surface area (Å²) in [6.45, 7) is 1.39. The second-order valence-corrected chi connectivity index (χ2v) is 8.13. The first-order valence-electron chi connectivity index (χ1n) is 9.51. The summed E-state index contributed by atoms with van der Waals surface area (Å²) in [5.74, 6) is -0.301. The molecule has 3 atom stereocenters. The molecule has 0 radical (unpaired) electrons. The van der Waals surface area contributed by atoms with E-state index in [1.165, 1.54) is 24.3 Å². The van der Waals surface area contributed by atoms with Crippen LogP contribution in [0.4, 0.5) is 22.0 Å². The van der Waals surface area contributed by atoms with Gasteiger partial charge < -0.3 is 5.32 Å². The van der Waals surface area contributed by atoms with Crippen molar-refractivity contribution in [3.8, 4) is 0 Å². The highest BCUT2D eigenvalue weighted by molar-refractivity contribution is 5.85. The van der Waals surface area contributed by atoms with Gasteiger partial charge in [0.25, 0.3) is 0 Å². The molecule has 0 spiro atoms. The quantitative estimate of drug-likeness (QED) is 0.607. The minimum atomic E-state index is -4.96. The van der Waals surface area contributed by atoms with E-state index >= 15 is 0 Å². The second kappa shape index (κ2) is 7.55. The topological polar surface area (TPSA) is 12.0 Å². The first-order valence-corrected chi connectivity index (χ1v) is 9.51. The third kappa shape index (κ3) is 3.66. The fraction of sp³-hybridized carbons (Fsp3) is 0.455. The molecule has 1 aliphatic heterocycles. The molecule has 0 saturated carbocycles. The van der Waals surface area contributed by atoms with Crippen molar-refractivity contribution in [2.24, 2.45) is 0 Å². The van der Waals surface area contributed by atoms with Crippen molar-refractivity contribution >= 4 is 12.4 Å². The van der Waals surface area contributed by atoms with Gasteiger partial charge in [0.1, 0.15) is 5.82 Å². The summed E-state index contributed by atoms with van der Waals surface area (Å²) < 4.78 is 67.2. The van der Waals surface area contributed by atoms with Crippen molar-refractivity contribution < 1.29 is 22.0 Å². The second-order valence-electron chi connectivity index (χ2n) is 8.13. The van der Waals surface area contributed by atoms with Crippen LogP contribution in [0.15, 0.2) is 42.5 Å². The number of alkyl halides is 4. The van der Waals surface area contributed by atoms with Crippen LogP contribution in [0.3, 0.4) is 0 Å². The number of hydrogen-bond donors (Lipinski definition) is 1. The monoisotopic (exact) mass is 431 g/mol. The van der Waals surface area contributed by atoms with Crippen LogP contribution < -0.4 is 5.32 Å². The Morgan fingerprint density at radius 3 is 2.41 bits per heavy atom. The maximum atomic E-state index is 14.5. The van der Waals surface area contributed by atoms with Crippen LogP contribution in [-0.4, -0.2) is 18.8 Å². The highest BCUT2D eigenvalue weighted by atomic mass is 35.5. The van der Waals surface area contributed by atoms with Crippen molar-refractivity contribution in [2.45, 2.75) is 55.9 Å². The Labute approximate surface area is 173 Å². The zero-order chi connectivity index (χ0) is 20.2. The van der Waals surface area contributed by atoms with E-state index in [0.717, 1.165) is 36.1 Å². The van der Waals surface area contributed by atoms with E-state index in [2.05, 4.69) is 5.32 Å². The molecule has 1 fully saturated rings. The summed E-state index contributed by atoms with van der Waals surface area (Å²) in [4.78, 5) is 0. The SMILES string of the molecule is CC(F)(c1ccc2c(c1)CC[C@@H]1NCC[C@]21Cc1ccc(F)cc1)C(F)(F)F.Cl. The summed E-state index contributed by atoms with van der Waals surface area (Å²) in [6.07, 6.45) is -2.05. The summed E-state index contributed by atoms with van der Waals surface area (Å²) in [5, 5.41) is 3.51. The maximum absolute atomic E-state index is 14.5. The van der Waals surface area contributed by atoms with Crippen molar-refractivity contribution in [2.75, 3.05) is 6.54 Å². The van der Waals surface area contributed by atoms with Crippen LogP contribution in [-0.2, 0) is 23.9 Å². The molecule has 1 saturated heterocycles. The van der Waals surface area contributed by atoms with Gasteiger partial charge in [-0.25, -0.2) is 8.78 Å². The molecule has 0 bridgehead atoms. The average Bonchev–Trinajstić information content (AvgIpc) is 3.06. The largest absolute Gasteiger partial charge is 0.426 e. The van der Waals surface area contributed by atoms with E-state index in [1.54, 1.807) is 18.2 Å². The van der Waals surface area contributed by atoms with Crippen LogP contribution in [0.5, 0.6) is 0 Å². The molecule has 2 aromatic rings. The van der Waals surface area contributed by atoms with Gasteiger partial charge in [-0.15, -0.1) is 12.4 Å². The predicted octanol–water partition coefficient (Wildman–Crippen LogP) is 5.78. The summed E-state index contributed by atoms with van der Waals surface area (Å²) >= 11 is 0. The molecule has 1 nitrogen and oxygen atoms in total. The molecule has 29 heavy (non-hydrogen) atoms. The number of benzene rings is 2. The van der Waals surface area contributed by atoms with Gasteiger partial charge in [0, 0.05) is 11.5 Å². The number of fused-ring (bicyclic) bond motifs is 3. The van der Waals surface area contributed by atoms with E-state index in [-0.39, 0.29) is 35.2 Å². The number of halogens is 6. The lowest BCUT2D eigenvalue weighted by Gasteiger charge is -2.42. The van der Waals surface area contributed by atoms with Crippen molar-refractivity contribution in [1.82, 2.24) is 5.32 Å². The van der Waals surface area contributed by atoms with Crippen molar-refractivity contribution in [1.29, 1.82) is 0 Å². The number of nitrogens with one attached hydrogen (secondary N) is 1. The summed E-state index contributed by atoms with van der Waals surface area (Å²) in [6, 6.07) is 10.9. The lowest BCUT2D eigenvalue weighted by Crippen LogP contribution is -2.46. The Bertz CT molecular complexity index is 878. The molecule has 2 aromatic carbocycles. The van der Waals surface area contributed by atoms with E-state index in [0.29, 0.717) is 19.8 Å². The molecule has 1 heterocycles. The third-order valence-electron chi connectivity index (χ3n) is 6.48. The van der Waals surface area contributed by atoms with Gasteiger partial charge in [-0.2, -0.15) is 13.2 Å². The number of rotatable bonds is 3. The van der Waals surface area contributed by atoms with Gasteiger partial charge >= 0.3 is 6.18 Å². The molecule has 0 amide bonds. The molecule has 4 rings (SSSR count). The van der Waals surface area contributed by atoms with E-state index in [4.69, 9.17) is 0 Å². The minimum absolute atomic E-state index is 0. The minimum Gasteiger partial charge on any atom is -0.313 e. The van der Waals surface area contributed by atoms with Gasteiger partial charge in [0.2, 0.25) is 5.67 Å². The fourth-order valence-electron chi connectivity index (χ4n) is 4.85. The molecule has 1 N–H and O–H groups in total. The molecule has 1 aliphatic carbocycles. The van der Waals surface area contributed by atoms with E-state index in [9.17, 15) is 22.0 Å². The van der Waals surface area contributed by atoms with E-state index < -0.39 is 11.8 Å². The highest BCUT2D eigenvalue weighted by Gasteiger charge is 2.54. The first kappa shape index (κ1) is 22.0. The van der Waals surface area contributed by atoms with Crippen LogP contribution in [0.25, 0.3) is 0 Å². The lowest BCUT2D eigenvalue weighted by atomic mass is 9.63. The van der Waals surface area contributed by atoms with Crippen molar-refractivity contribution in [3.63, 3.8) is 0 Å². The van der Waals surface area contributed by atoms with Crippen LogP contribution >= 0.6 is 12.4 Å². The maximum Gasteiger partial charge on any atom is 0.426 e. The standard InChI is InChI=1S/C22H22F5N.ClH/c1-20(24,22(25,26)27)16-5-8-18-15(12-16)4-9-19-21(18,10-11-28-19)13-14-2-6-17(23)7-3-14;/h2-3,5-8,12,19,28H,4,9-11,13H2,1H3;1H/t19-,20?,21-;/m0./s1. The molecule has 0 aromatic heterocycles. The Hall–Kier alpha value is -1.66. The van der Waals surface area contributed by atoms with Gasteiger partial charge in [-0.3, -0.25) is 0 Å². The smallest absolute Gasteiger partial charge is 0.313 e. The molecular weight excluding hydrogens is 409 g/mol.